The number of amides is 2. The summed E-state index contributed by atoms with van der Waals surface area (Å²) in [6.07, 6.45) is -0.0216. The zero-order valence-corrected chi connectivity index (χ0v) is 24.4. The molecule has 0 aromatic heterocycles. The summed E-state index contributed by atoms with van der Waals surface area (Å²) in [5, 5.41) is 20.1. The van der Waals surface area contributed by atoms with Crippen molar-refractivity contribution in [3.8, 4) is 11.5 Å². The SMILES string of the molecule is CCC(C)Oc1cc2c(cc1OC)CC(=O)N(c1ccc(C(=O)N3C[C@H](O)C[C@H]3C(=O)O)cc1)C2c1ccc(Cl)cc1. The number of aliphatic carboxylic acids is 1. The fraction of sp³-hybridized carbons (Fsp3) is 0.344. The van der Waals surface area contributed by atoms with Crippen molar-refractivity contribution in [1.82, 2.24) is 4.90 Å². The Morgan fingerprint density at radius 3 is 2.38 bits per heavy atom. The zero-order chi connectivity index (χ0) is 30.1. The van der Waals surface area contributed by atoms with Crippen LogP contribution < -0.4 is 14.4 Å². The second-order valence-electron chi connectivity index (χ2n) is 10.7. The second kappa shape index (κ2) is 12.0. The fourth-order valence-corrected chi connectivity index (χ4v) is 5.70. The van der Waals surface area contributed by atoms with Gasteiger partial charge in [0.15, 0.2) is 11.5 Å². The molecule has 2 aliphatic heterocycles. The maximum atomic E-state index is 13.8. The molecule has 4 atom stereocenters. The third kappa shape index (κ3) is 5.67. The van der Waals surface area contributed by atoms with Gasteiger partial charge in [-0.25, -0.2) is 4.79 Å². The van der Waals surface area contributed by atoms with E-state index in [9.17, 15) is 24.6 Å². The Morgan fingerprint density at radius 2 is 1.76 bits per heavy atom. The first-order chi connectivity index (χ1) is 20.1. The molecule has 0 radical (unpaired) electrons. The molecular formula is C32H33ClN2O7. The van der Waals surface area contributed by atoms with Gasteiger partial charge in [0.05, 0.1) is 31.8 Å². The number of rotatable bonds is 8. The highest BCUT2D eigenvalue weighted by molar-refractivity contribution is 6.30. The lowest BCUT2D eigenvalue weighted by Crippen LogP contribution is -2.41. The van der Waals surface area contributed by atoms with E-state index >= 15 is 0 Å². The highest BCUT2D eigenvalue weighted by Crippen LogP contribution is 2.44. The summed E-state index contributed by atoms with van der Waals surface area (Å²) < 4.78 is 11.8. The number of ether oxygens (including phenoxy) is 2. The normalized spacial score (nSPS) is 20.7. The number of carbonyl (C=O) groups is 3. The molecule has 2 unspecified atom stereocenters. The summed E-state index contributed by atoms with van der Waals surface area (Å²) in [7, 11) is 1.57. The summed E-state index contributed by atoms with van der Waals surface area (Å²) >= 11 is 6.21. The maximum Gasteiger partial charge on any atom is 0.326 e. The Kier molecular flexibility index (Phi) is 8.43. The molecule has 220 valence electrons. The molecule has 2 heterocycles. The third-order valence-corrected chi connectivity index (χ3v) is 8.15. The molecule has 1 fully saturated rings. The summed E-state index contributed by atoms with van der Waals surface area (Å²) in [6, 6.07) is 16.0. The molecule has 1 saturated heterocycles. The molecule has 42 heavy (non-hydrogen) atoms. The number of methoxy groups -OCH3 is 1. The Labute approximate surface area is 249 Å². The summed E-state index contributed by atoms with van der Waals surface area (Å²) in [5.74, 6) is -0.657. The van der Waals surface area contributed by atoms with Gasteiger partial charge in [-0.1, -0.05) is 30.7 Å². The van der Waals surface area contributed by atoms with Crippen LogP contribution in [0.25, 0.3) is 0 Å². The highest BCUT2D eigenvalue weighted by atomic mass is 35.5. The molecular weight excluding hydrogens is 560 g/mol. The second-order valence-corrected chi connectivity index (χ2v) is 11.1. The van der Waals surface area contributed by atoms with Crippen molar-refractivity contribution < 1.29 is 34.1 Å². The smallest absolute Gasteiger partial charge is 0.326 e. The van der Waals surface area contributed by atoms with Crippen LogP contribution in [0.1, 0.15) is 59.8 Å². The van der Waals surface area contributed by atoms with E-state index in [0.29, 0.717) is 22.2 Å². The Bertz CT molecular complexity index is 1490. The Hall–Kier alpha value is -4.08. The van der Waals surface area contributed by atoms with Gasteiger partial charge in [0.25, 0.3) is 5.91 Å². The van der Waals surface area contributed by atoms with Crippen LogP contribution in [0.5, 0.6) is 11.5 Å². The number of benzene rings is 3. The van der Waals surface area contributed by atoms with Gasteiger partial charge in [-0.05, 0) is 78.6 Å². The first kappa shape index (κ1) is 29.4. The molecule has 0 bridgehead atoms. The molecule has 9 nitrogen and oxygen atoms in total. The highest BCUT2D eigenvalue weighted by Gasteiger charge is 2.40. The van der Waals surface area contributed by atoms with E-state index in [1.54, 1.807) is 48.4 Å². The van der Waals surface area contributed by atoms with Crippen LogP contribution in [0, 0.1) is 0 Å². The average molecular weight is 593 g/mol. The molecule has 10 heteroatoms. The summed E-state index contributed by atoms with van der Waals surface area (Å²) in [5.41, 5.74) is 3.37. The number of anilines is 1. The molecule has 0 spiro atoms. The van der Waals surface area contributed by atoms with E-state index in [2.05, 4.69) is 0 Å². The van der Waals surface area contributed by atoms with Crippen LogP contribution in [0.15, 0.2) is 60.7 Å². The van der Waals surface area contributed by atoms with Gasteiger partial charge in [0.2, 0.25) is 5.91 Å². The number of β-amino-alcohol motifs (C(OH)–C–C–N with tert-alkyl or cyclic N) is 1. The first-order valence-electron chi connectivity index (χ1n) is 13.9. The minimum Gasteiger partial charge on any atom is -0.493 e. The van der Waals surface area contributed by atoms with Gasteiger partial charge >= 0.3 is 5.97 Å². The quantitative estimate of drug-likeness (QED) is 0.383. The van der Waals surface area contributed by atoms with Gasteiger partial charge in [0.1, 0.15) is 6.04 Å². The minimum atomic E-state index is -1.16. The van der Waals surface area contributed by atoms with Crippen LogP contribution in [0.3, 0.4) is 0 Å². The van der Waals surface area contributed by atoms with Crippen LogP contribution in [0.4, 0.5) is 5.69 Å². The van der Waals surface area contributed by atoms with E-state index < -0.39 is 30.1 Å². The number of aliphatic hydroxyl groups is 1. The van der Waals surface area contributed by atoms with Crippen molar-refractivity contribution >= 4 is 35.1 Å². The van der Waals surface area contributed by atoms with Crippen LogP contribution >= 0.6 is 11.6 Å². The molecule has 0 saturated carbocycles. The van der Waals surface area contributed by atoms with Crippen molar-refractivity contribution in [2.75, 3.05) is 18.6 Å². The molecule has 3 aromatic carbocycles. The van der Waals surface area contributed by atoms with Crippen molar-refractivity contribution in [2.45, 2.75) is 57.4 Å². The van der Waals surface area contributed by atoms with E-state index in [1.807, 2.05) is 38.1 Å². The predicted octanol–water partition coefficient (Wildman–Crippen LogP) is 4.86. The number of halogens is 1. The monoisotopic (exact) mass is 592 g/mol. The Morgan fingerprint density at radius 1 is 1.07 bits per heavy atom. The molecule has 2 amide bonds. The molecule has 0 aliphatic carbocycles. The van der Waals surface area contributed by atoms with Gasteiger partial charge in [-0.15, -0.1) is 0 Å². The van der Waals surface area contributed by atoms with E-state index in [1.165, 1.54) is 4.90 Å². The number of hydrogen-bond acceptors (Lipinski definition) is 6. The third-order valence-electron chi connectivity index (χ3n) is 7.89. The molecule has 3 aromatic rings. The lowest BCUT2D eigenvalue weighted by molar-refractivity contribution is -0.141. The molecule has 2 N–H and O–H groups in total. The minimum absolute atomic E-state index is 0.0167. The van der Waals surface area contributed by atoms with Gasteiger partial charge in [0, 0.05) is 29.2 Å². The van der Waals surface area contributed by atoms with E-state index in [4.69, 9.17) is 21.1 Å². The van der Waals surface area contributed by atoms with Gasteiger partial charge in [-0.2, -0.15) is 0 Å². The van der Waals surface area contributed by atoms with E-state index in [0.717, 1.165) is 23.1 Å². The van der Waals surface area contributed by atoms with Crippen molar-refractivity contribution in [3.05, 3.63) is 87.9 Å². The summed E-state index contributed by atoms with van der Waals surface area (Å²) in [6.45, 7) is 3.96. The van der Waals surface area contributed by atoms with Crippen LogP contribution in [-0.2, 0) is 16.0 Å². The Balaban J connectivity index is 1.55. The topological polar surface area (TPSA) is 117 Å². The zero-order valence-electron chi connectivity index (χ0n) is 23.6. The fourth-order valence-electron chi connectivity index (χ4n) is 5.58. The number of nitrogens with zero attached hydrogens (tertiary/aromatic N) is 2. The van der Waals surface area contributed by atoms with Crippen LogP contribution in [-0.4, -0.2) is 64.8 Å². The van der Waals surface area contributed by atoms with Crippen LogP contribution in [0.2, 0.25) is 5.02 Å². The van der Waals surface area contributed by atoms with E-state index in [-0.39, 0.29) is 37.0 Å². The molecule has 5 rings (SSSR count). The molecule has 2 aliphatic rings. The average Bonchev–Trinajstić information content (AvgIpc) is 3.38. The van der Waals surface area contributed by atoms with Gasteiger partial charge in [-0.3, -0.25) is 9.59 Å². The lowest BCUT2D eigenvalue weighted by atomic mass is 9.86. The van der Waals surface area contributed by atoms with Crippen molar-refractivity contribution in [1.29, 1.82) is 0 Å². The van der Waals surface area contributed by atoms with Crippen molar-refractivity contribution in [2.24, 2.45) is 0 Å². The van der Waals surface area contributed by atoms with Crippen molar-refractivity contribution in [3.63, 3.8) is 0 Å². The number of carboxylic acids is 1. The lowest BCUT2D eigenvalue weighted by Gasteiger charge is -2.38. The number of aliphatic hydroxyl groups excluding tert-OH is 1. The number of carboxylic acid groups (broad SMARTS) is 1. The van der Waals surface area contributed by atoms with Gasteiger partial charge < -0.3 is 29.5 Å². The summed E-state index contributed by atoms with van der Waals surface area (Å²) in [4.78, 5) is 41.5. The number of fused-ring (bicyclic) bond motifs is 1. The first-order valence-corrected chi connectivity index (χ1v) is 14.3. The number of hydrogen-bond donors (Lipinski definition) is 2. The predicted molar refractivity (Wildman–Crippen MR) is 157 cm³/mol. The standard InChI is InChI=1S/C32H33ClN2O7/c1-4-18(2)42-28-16-25-21(13-27(28)41-3)14-29(37)35(30(25)19-5-9-22(33)10-6-19)23-11-7-20(8-12-23)31(38)34-17-24(36)15-26(34)32(39)40/h5-13,16,18,24,26,30,36H,4,14-15,17H2,1-3H3,(H,39,40)/t18?,24-,26+,30?/m1/s1. The number of carbonyl (C=O) groups excluding carboxylic acids is 2. The largest absolute Gasteiger partial charge is 0.493 e. The maximum absolute atomic E-state index is 13.8. The number of likely N-dealkylation sites (tertiary alicyclic amines) is 1.